The average Bonchev–Trinajstić information content (AvgIpc) is 2.58. The molecule has 0 saturated carbocycles. The molecule has 1 rings (SSSR count). The van der Waals surface area contributed by atoms with Crippen molar-refractivity contribution in [3.8, 4) is 0 Å². The summed E-state index contributed by atoms with van der Waals surface area (Å²) in [4.78, 5) is 12.6. The maximum atomic E-state index is 12.6. The van der Waals surface area contributed by atoms with E-state index in [-0.39, 0.29) is 11.7 Å². The van der Waals surface area contributed by atoms with Crippen molar-refractivity contribution in [3.63, 3.8) is 0 Å². The fourth-order valence-corrected chi connectivity index (χ4v) is 2.71. The maximum absolute atomic E-state index is 12.6. The molecule has 1 fully saturated rings. The smallest absolute Gasteiger partial charge is 0.344 e. The highest BCUT2D eigenvalue weighted by Crippen LogP contribution is 2.36. The van der Waals surface area contributed by atoms with Crippen LogP contribution in [-0.4, -0.2) is 37.4 Å². The number of hydrogen-bond donors (Lipinski definition) is 0. The molecular weight excluding hydrogens is 340 g/mol. The second-order valence-electron chi connectivity index (χ2n) is 9.61. The number of esters is 1. The summed E-state index contributed by atoms with van der Waals surface area (Å²) in [5, 5.41) is 0. The summed E-state index contributed by atoms with van der Waals surface area (Å²) in [6.45, 7) is 20.7. The lowest BCUT2D eigenvalue weighted by molar-refractivity contribution is -0.178. The fraction of sp³-hybridized carbons (Fsp3) is 0.833. The van der Waals surface area contributed by atoms with E-state index in [1.54, 1.807) is 34.6 Å². The van der Waals surface area contributed by atoms with Crippen LogP contribution in [0.4, 0.5) is 0 Å². The number of carbonyl (C=O) groups excluding carboxylic acids is 1. The van der Waals surface area contributed by atoms with E-state index in [0.29, 0.717) is 0 Å². The standard InChI is InChI=1S/C18H34O6Si/c1-16(2,3)22-14(19)12-13(21-18(7,8)20-12)15(23-17(4,5)6)24-25(9,10)11/h12H,1-11H3/b15-13+/t12-/m0/s1. The Balaban J connectivity index is 3.32. The Labute approximate surface area is 152 Å². The van der Waals surface area contributed by atoms with Crippen molar-refractivity contribution >= 4 is 14.3 Å². The first-order valence-electron chi connectivity index (χ1n) is 8.60. The van der Waals surface area contributed by atoms with Crippen molar-refractivity contribution in [1.29, 1.82) is 0 Å². The van der Waals surface area contributed by atoms with Crippen LogP contribution in [0.3, 0.4) is 0 Å². The van der Waals surface area contributed by atoms with Gasteiger partial charge in [-0.05, 0) is 61.2 Å². The van der Waals surface area contributed by atoms with Crippen LogP contribution in [0, 0.1) is 0 Å². The van der Waals surface area contributed by atoms with E-state index in [1.165, 1.54) is 0 Å². The first-order valence-corrected chi connectivity index (χ1v) is 12.0. The number of ether oxygens (including phenoxy) is 4. The van der Waals surface area contributed by atoms with E-state index in [1.807, 2.05) is 40.4 Å². The van der Waals surface area contributed by atoms with Gasteiger partial charge in [-0.2, -0.15) is 0 Å². The van der Waals surface area contributed by atoms with Gasteiger partial charge in [0.2, 0.25) is 26.0 Å². The van der Waals surface area contributed by atoms with Gasteiger partial charge in [-0.3, -0.25) is 0 Å². The largest absolute Gasteiger partial charge is 0.517 e. The number of hydrogen-bond acceptors (Lipinski definition) is 6. The fourth-order valence-electron chi connectivity index (χ4n) is 2.02. The maximum Gasteiger partial charge on any atom is 0.344 e. The molecule has 0 unspecified atom stereocenters. The van der Waals surface area contributed by atoms with Crippen LogP contribution in [0.25, 0.3) is 0 Å². The van der Waals surface area contributed by atoms with E-state index in [0.717, 1.165) is 0 Å². The van der Waals surface area contributed by atoms with Gasteiger partial charge in [0.05, 0.1) is 0 Å². The van der Waals surface area contributed by atoms with Gasteiger partial charge in [0.25, 0.3) is 0 Å². The third-order valence-corrected chi connectivity index (χ3v) is 3.41. The minimum Gasteiger partial charge on any atom is -0.517 e. The van der Waals surface area contributed by atoms with E-state index < -0.39 is 37.4 Å². The highest BCUT2D eigenvalue weighted by atomic mass is 28.4. The summed E-state index contributed by atoms with van der Waals surface area (Å²) in [7, 11) is -2.02. The molecular formula is C18H34O6Si. The van der Waals surface area contributed by atoms with Crippen LogP contribution in [0.1, 0.15) is 55.4 Å². The summed E-state index contributed by atoms with van der Waals surface area (Å²) in [6, 6.07) is 0. The Morgan fingerprint density at radius 3 is 1.88 bits per heavy atom. The molecule has 25 heavy (non-hydrogen) atoms. The van der Waals surface area contributed by atoms with E-state index in [9.17, 15) is 4.79 Å². The number of carbonyl (C=O) groups is 1. The minimum atomic E-state index is -2.02. The van der Waals surface area contributed by atoms with Crippen LogP contribution < -0.4 is 0 Å². The molecule has 0 aromatic rings. The molecule has 1 atom stereocenters. The molecule has 1 aliphatic rings. The first kappa shape index (κ1) is 21.8. The molecule has 0 radical (unpaired) electrons. The van der Waals surface area contributed by atoms with Gasteiger partial charge in [0.1, 0.15) is 11.2 Å². The van der Waals surface area contributed by atoms with Crippen molar-refractivity contribution in [2.24, 2.45) is 0 Å². The molecule has 0 aromatic carbocycles. The van der Waals surface area contributed by atoms with Gasteiger partial charge >= 0.3 is 11.9 Å². The monoisotopic (exact) mass is 374 g/mol. The summed E-state index contributed by atoms with van der Waals surface area (Å²) in [5.74, 6) is -1.07. The van der Waals surface area contributed by atoms with E-state index in [4.69, 9.17) is 23.4 Å². The Bertz CT molecular complexity index is 513. The van der Waals surface area contributed by atoms with Crippen molar-refractivity contribution in [2.75, 3.05) is 0 Å². The highest BCUT2D eigenvalue weighted by Gasteiger charge is 2.48. The predicted molar refractivity (Wildman–Crippen MR) is 98.2 cm³/mol. The Kier molecular flexibility index (Phi) is 5.97. The van der Waals surface area contributed by atoms with Crippen molar-refractivity contribution in [2.45, 2.75) is 98.1 Å². The summed E-state index contributed by atoms with van der Waals surface area (Å²) >= 11 is 0. The van der Waals surface area contributed by atoms with E-state index >= 15 is 0 Å². The lowest BCUT2D eigenvalue weighted by atomic mass is 10.2. The van der Waals surface area contributed by atoms with Gasteiger partial charge < -0.3 is 23.4 Å². The molecule has 0 bridgehead atoms. The Morgan fingerprint density at radius 2 is 1.48 bits per heavy atom. The summed E-state index contributed by atoms with van der Waals surface area (Å²) in [5.41, 5.74) is -1.15. The average molecular weight is 375 g/mol. The zero-order chi connectivity index (χ0) is 19.8. The van der Waals surface area contributed by atoms with Crippen LogP contribution in [0.2, 0.25) is 19.6 Å². The van der Waals surface area contributed by atoms with E-state index in [2.05, 4.69) is 0 Å². The molecule has 1 aliphatic heterocycles. The molecule has 146 valence electrons. The van der Waals surface area contributed by atoms with Gasteiger partial charge in [-0.1, -0.05) is 0 Å². The molecule has 7 heteroatoms. The van der Waals surface area contributed by atoms with Crippen molar-refractivity contribution in [3.05, 3.63) is 11.7 Å². The topological polar surface area (TPSA) is 63.2 Å². The van der Waals surface area contributed by atoms with Gasteiger partial charge in [-0.15, -0.1) is 0 Å². The second-order valence-corrected chi connectivity index (χ2v) is 14.0. The molecule has 1 saturated heterocycles. The zero-order valence-corrected chi connectivity index (χ0v) is 18.5. The van der Waals surface area contributed by atoms with Crippen LogP contribution >= 0.6 is 0 Å². The van der Waals surface area contributed by atoms with Crippen LogP contribution in [0.5, 0.6) is 0 Å². The molecule has 0 aromatic heterocycles. The van der Waals surface area contributed by atoms with Crippen LogP contribution in [-0.2, 0) is 28.2 Å². The highest BCUT2D eigenvalue weighted by molar-refractivity contribution is 6.70. The molecule has 0 aliphatic carbocycles. The Morgan fingerprint density at radius 1 is 1.00 bits per heavy atom. The molecule has 1 heterocycles. The molecule has 6 nitrogen and oxygen atoms in total. The lowest BCUT2D eigenvalue weighted by Crippen LogP contribution is -2.36. The van der Waals surface area contributed by atoms with Crippen molar-refractivity contribution in [1.82, 2.24) is 0 Å². The quantitative estimate of drug-likeness (QED) is 0.415. The lowest BCUT2D eigenvalue weighted by Gasteiger charge is -2.29. The summed E-state index contributed by atoms with van der Waals surface area (Å²) < 4.78 is 29.2. The predicted octanol–water partition coefficient (Wildman–Crippen LogP) is 4.32. The Hall–Kier alpha value is -1.21. The van der Waals surface area contributed by atoms with Crippen LogP contribution in [0.15, 0.2) is 11.7 Å². The minimum absolute atomic E-state index is 0.202. The second kappa shape index (κ2) is 6.83. The van der Waals surface area contributed by atoms with Gasteiger partial charge in [0.15, 0.2) is 0 Å². The van der Waals surface area contributed by atoms with Gasteiger partial charge in [0, 0.05) is 13.8 Å². The third kappa shape index (κ3) is 7.69. The molecule has 0 N–H and O–H groups in total. The normalized spacial score (nSPS) is 22.9. The van der Waals surface area contributed by atoms with Crippen molar-refractivity contribution < 1.29 is 28.2 Å². The zero-order valence-electron chi connectivity index (χ0n) is 17.5. The third-order valence-electron chi connectivity index (χ3n) is 2.62. The first-order chi connectivity index (χ1) is 10.9. The summed E-state index contributed by atoms with van der Waals surface area (Å²) in [6.07, 6.45) is -1.03. The van der Waals surface area contributed by atoms with Gasteiger partial charge in [-0.25, -0.2) is 4.79 Å². The molecule has 0 spiro atoms. The SMILES string of the molecule is CC(C)(C)OC(=O)[C@H]1OC(C)(C)O/C1=C(\OC(C)(C)C)O[Si](C)(C)C. The molecule has 0 amide bonds. The number of rotatable bonds is 4.